The quantitative estimate of drug-likeness (QED) is 0.0491. The van der Waals surface area contributed by atoms with Gasteiger partial charge in [-0.2, -0.15) is 0 Å². The van der Waals surface area contributed by atoms with Crippen molar-refractivity contribution in [3.05, 3.63) is 24.3 Å². The van der Waals surface area contributed by atoms with Crippen LogP contribution in [-0.2, 0) is 4.79 Å². The van der Waals surface area contributed by atoms with Crippen LogP contribution in [0.2, 0.25) is 0 Å². The van der Waals surface area contributed by atoms with Crippen molar-refractivity contribution < 1.29 is 9.90 Å². The van der Waals surface area contributed by atoms with Gasteiger partial charge in [-0.1, -0.05) is 251 Å². The topological polar surface area (TPSA) is 40.5 Å². The van der Waals surface area contributed by atoms with E-state index in [1.807, 2.05) is 0 Å². The molecule has 58 heavy (non-hydrogen) atoms. The number of carboxylic acid groups (broad SMARTS) is 1. The molecule has 0 aromatic rings. The van der Waals surface area contributed by atoms with E-state index in [9.17, 15) is 4.79 Å². The zero-order valence-electron chi connectivity index (χ0n) is 40.6. The molecule has 0 aliphatic heterocycles. The SMILES string of the molecule is CCCCCCCCC=CCCCCCCCCN(C)CCCCCCCCC=CCCCCCCCC.CCCCCCCCCCCCCCCCCC(=O)O. The molecule has 0 aliphatic carbocycles. The van der Waals surface area contributed by atoms with Crippen LogP contribution in [0.3, 0.4) is 0 Å². The maximum atomic E-state index is 10.3. The molecule has 0 bridgehead atoms. The first-order chi connectivity index (χ1) is 28.6. The number of carbonyl (C=O) groups is 1. The Bertz CT molecular complexity index is 749. The minimum absolute atomic E-state index is 0.345. The van der Waals surface area contributed by atoms with Crippen molar-refractivity contribution >= 4 is 5.97 Å². The Balaban J connectivity index is 0. The highest BCUT2D eigenvalue weighted by molar-refractivity contribution is 5.66. The largest absolute Gasteiger partial charge is 0.481 e. The van der Waals surface area contributed by atoms with Crippen molar-refractivity contribution in [2.24, 2.45) is 0 Å². The van der Waals surface area contributed by atoms with Crippen LogP contribution in [0.4, 0.5) is 0 Å². The van der Waals surface area contributed by atoms with Crippen LogP contribution < -0.4 is 0 Å². The van der Waals surface area contributed by atoms with Crippen LogP contribution >= 0.6 is 0 Å². The van der Waals surface area contributed by atoms with Crippen LogP contribution in [0.1, 0.15) is 303 Å². The molecule has 0 unspecified atom stereocenters. The van der Waals surface area contributed by atoms with Gasteiger partial charge in [-0.25, -0.2) is 0 Å². The Morgan fingerprint density at radius 1 is 0.328 bits per heavy atom. The number of rotatable bonds is 48. The molecule has 0 aliphatic rings. The number of aliphatic carboxylic acids is 1. The van der Waals surface area contributed by atoms with Gasteiger partial charge in [0.2, 0.25) is 0 Å². The second-order valence-corrected chi connectivity index (χ2v) is 18.3. The molecule has 1 N–H and O–H groups in total. The summed E-state index contributed by atoms with van der Waals surface area (Å²) in [5.41, 5.74) is 0. The fourth-order valence-electron chi connectivity index (χ4n) is 8.02. The normalized spacial score (nSPS) is 11.7. The van der Waals surface area contributed by atoms with Gasteiger partial charge in [-0.15, -0.1) is 0 Å². The molecule has 0 saturated carbocycles. The van der Waals surface area contributed by atoms with E-state index in [1.54, 1.807) is 0 Å². The average molecular weight is 816 g/mol. The molecule has 0 amide bonds. The van der Waals surface area contributed by atoms with E-state index in [-0.39, 0.29) is 0 Å². The van der Waals surface area contributed by atoms with Gasteiger partial charge in [0.15, 0.2) is 0 Å². The fraction of sp³-hybridized carbons (Fsp3) is 0.909. The zero-order chi connectivity index (χ0) is 42.5. The molecular weight excluding hydrogens is 707 g/mol. The van der Waals surface area contributed by atoms with E-state index < -0.39 is 5.97 Å². The Morgan fingerprint density at radius 2 is 0.534 bits per heavy atom. The summed E-state index contributed by atoms with van der Waals surface area (Å²) in [6.45, 7) is 9.46. The lowest BCUT2D eigenvalue weighted by Crippen LogP contribution is -2.20. The third-order valence-corrected chi connectivity index (χ3v) is 12.1. The van der Waals surface area contributed by atoms with E-state index in [1.165, 1.54) is 276 Å². The van der Waals surface area contributed by atoms with Gasteiger partial charge in [0.25, 0.3) is 0 Å². The first-order valence-electron chi connectivity index (χ1n) is 26.8. The van der Waals surface area contributed by atoms with E-state index in [0.29, 0.717) is 6.42 Å². The fourth-order valence-corrected chi connectivity index (χ4v) is 8.02. The van der Waals surface area contributed by atoms with E-state index in [2.05, 4.69) is 57.0 Å². The zero-order valence-corrected chi connectivity index (χ0v) is 40.6. The smallest absolute Gasteiger partial charge is 0.303 e. The number of unbranched alkanes of at least 4 members (excludes halogenated alkanes) is 38. The number of hydrogen-bond acceptors (Lipinski definition) is 2. The predicted octanol–water partition coefficient (Wildman–Crippen LogP) is 19.3. The average Bonchev–Trinajstić information content (AvgIpc) is 3.22. The van der Waals surface area contributed by atoms with Crippen molar-refractivity contribution in [3.8, 4) is 0 Å². The monoisotopic (exact) mass is 816 g/mol. The van der Waals surface area contributed by atoms with Gasteiger partial charge >= 0.3 is 5.97 Å². The Morgan fingerprint density at radius 3 is 0.776 bits per heavy atom. The van der Waals surface area contributed by atoms with Crippen LogP contribution in [0, 0.1) is 0 Å². The predicted molar refractivity (Wildman–Crippen MR) is 264 cm³/mol. The third kappa shape index (κ3) is 59.2. The summed E-state index contributed by atoms with van der Waals surface area (Å²) < 4.78 is 0. The minimum Gasteiger partial charge on any atom is -0.481 e. The summed E-state index contributed by atoms with van der Waals surface area (Å²) in [6.07, 6.45) is 69.1. The molecule has 0 heterocycles. The van der Waals surface area contributed by atoms with Crippen molar-refractivity contribution in [2.45, 2.75) is 303 Å². The maximum absolute atomic E-state index is 10.3. The molecule has 0 spiro atoms. The lowest BCUT2D eigenvalue weighted by Gasteiger charge is -2.16. The van der Waals surface area contributed by atoms with Gasteiger partial charge in [0, 0.05) is 6.42 Å². The minimum atomic E-state index is -0.653. The van der Waals surface area contributed by atoms with E-state index in [4.69, 9.17) is 5.11 Å². The lowest BCUT2D eigenvalue weighted by atomic mass is 10.0. The number of carboxylic acids is 1. The summed E-state index contributed by atoms with van der Waals surface area (Å²) in [4.78, 5) is 12.9. The lowest BCUT2D eigenvalue weighted by molar-refractivity contribution is -0.137. The summed E-state index contributed by atoms with van der Waals surface area (Å²) in [6, 6.07) is 0. The molecule has 0 saturated heterocycles. The first-order valence-corrected chi connectivity index (χ1v) is 26.8. The second-order valence-electron chi connectivity index (χ2n) is 18.3. The Hall–Kier alpha value is -1.09. The standard InChI is InChI=1S/C37H73N.C18H36O2/c1-4-6-8-10-12-14-16-18-20-22-24-26-28-30-32-34-36-38(3)37-35-33-31-29-27-25-23-21-19-17-15-13-11-9-7-5-2;1-2-3-4-5-6-7-8-9-10-11-12-13-14-15-16-17-18(19)20/h18-21H,4-17,22-37H2,1-3H3;2-17H2,1H3,(H,19,20). The number of hydrogen-bond donors (Lipinski definition) is 1. The molecule has 0 radical (unpaired) electrons. The van der Waals surface area contributed by atoms with Gasteiger partial charge in [0.1, 0.15) is 0 Å². The molecule has 346 valence electrons. The van der Waals surface area contributed by atoms with Crippen LogP contribution in [-0.4, -0.2) is 36.1 Å². The Labute approximate surface area is 367 Å². The highest BCUT2D eigenvalue weighted by Crippen LogP contribution is 2.15. The molecule has 3 nitrogen and oxygen atoms in total. The number of nitrogens with zero attached hydrogens (tertiary/aromatic N) is 1. The van der Waals surface area contributed by atoms with Gasteiger partial charge in [-0.3, -0.25) is 4.79 Å². The van der Waals surface area contributed by atoms with Crippen molar-refractivity contribution in [1.82, 2.24) is 4.90 Å². The van der Waals surface area contributed by atoms with Gasteiger partial charge in [0.05, 0.1) is 0 Å². The van der Waals surface area contributed by atoms with E-state index in [0.717, 1.165) is 12.8 Å². The Kier molecular flexibility index (Phi) is 56.9. The van der Waals surface area contributed by atoms with Crippen molar-refractivity contribution in [2.75, 3.05) is 20.1 Å². The molecule has 3 heteroatoms. The summed E-state index contributed by atoms with van der Waals surface area (Å²) in [5.74, 6) is -0.653. The summed E-state index contributed by atoms with van der Waals surface area (Å²) >= 11 is 0. The molecule has 0 aromatic heterocycles. The molecular formula is C55H109NO2. The molecule has 0 rings (SSSR count). The van der Waals surface area contributed by atoms with E-state index >= 15 is 0 Å². The van der Waals surface area contributed by atoms with Gasteiger partial charge < -0.3 is 10.0 Å². The molecule has 0 atom stereocenters. The maximum Gasteiger partial charge on any atom is 0.303 e. The van der Waals surface area contributed by atoms with Crippen LogP contribution in [0.25, 0.3) is 0 Å². The van der Waals surface area contributed by atoms with Gasteiger partial charge in [-0.05, 0) is 90.8 Å². The highest BCUT2D eigenvalue weighted by atomic mass is 16.4. The van der Waals surface area contributed by atoms with Crippen molar-refractivity contribution in [3.63, 3.8) is 0 Å². The van der Waals surface area contributed by atoms with Crippen LogP contribution in [0.15, 0.2) is 24.3 Å². The second kappa shape index (κ2) is 55.9. The number of allylic oxidation sites excluding steroid dienone is 4. The molecule has 0 aromatic carbocycles. The van der Waals surface area contributed by atoms with Crippen LogP contribution in [0.5, 0.6) is 0 Å². The first kappa shape index (κ1) is 59.0. The summed E-state index contributed by atoms with van der Waals surface area (Å²) in [7, 11) is 2.33. The summed E-state index contributed by atoms with van der Waals surface area (Å²) in [5, 5.41) is 8.52. The molecule has 0 fully saturated rings. The third-order valence-electron chi connectivity index (χ3n) is 12.1. The highest BCUT2D eigenvalue weighted by Gasteiger charge is 2.00. The van der Waals surface area contributed by atoms with Crippen molar-refractivity contribution in [1.29, 1.82) is 0 Å².